The van der Waals surface area contributed by atoms with Gasteiger partial charge >= 0.3 is 6.36 Å². The maximum absolute atomic E-state index is 14.0. The molecule has 1 saturated heterocycles. The zero-order valence-corrected chi connectivity index (χ0v) is 21.0. The van der Waals surface area contributed by atoms with Gasteiger partial charge in [-0.1, -0.05) is 17.4 Å². The van der Waals surface area contributed by atoms with Crippen LogP contribution in [0.1, 0.15) is 15.4 Å². The monoisotopic (exact) mass is 578 g/mol. The molecule has 38 heavy (non-hydrogen) atoms. The molecule has 3 aromatic rings. The molecule has 1 N–H and O–H groups in total. The molecule has 4 rings (SSSR count). The number of alkyl halides is 3. The van der Waals surface area contributed by atoms with Crippen molar-refractivity contribution in [2.45, 2.75) is 12.8 Å². The number of hydrogen-bond acceptors (Lipinski definition) is 8. The lowest BCUT2D eigenvalue weighted by Gasteiger charge is -2.26. The summed E-state index contributed by atoms with van der Waals surface area (Å²) >= 11 is 0.801. The van der Waals surface area contributed by atoms with Gasteiger partial charge in [-0.3, -0.25) is 14.5 Å². The van der Waals surface area contributed by atoms with Crippen molar-refractivity contribution >= 4 is 41.1 Å². The van der Waals surface area contributed by atoms with E-state index in [-0.39, 0.29) is 52.2 Å². The summed E-state index contributed by atoms with van der Waals surface area (Å²) in [4.78, 5) is 27.1. The van der Waals surface area contributed by atoms with Crippen molar-refractivity contribution in [2.75, 3.05) is 38.2 Å². The van der Waals surface area contributed by atoms with Crippen LogP contribution in [0.15, 0.2) is 36.4 Å². The number of amides is 1. The van der Waals surface area contributed by atoms with Crippen LogP contribution in [-0.2, 0) is 16.0 Å². The number of nitrogens with one attached hydrogen (secondary N) is 1. The van der Waals surface area contributed by atoms with Crippen molar-refractivity contribution in [2.24, 2.45) is 0 Å². The summed E-state index contributed by atoms with van der Waals surface area (Å²) in [5.41, 5.74) is -0.754. The Hall–Kier alpha value is -3.20. The van der Waals surface area contributed by atoms with Gasteiger partial charge in [-0.25, -0.2) is 8.78 Å². The molecule has 0 radical (unpaired) electrons. The molecule has 1 aromatic heterocycles. The number of anilines is 1. The number of halogens is 6. The summed E-state index contributed by atoms with van der Waals surface area (Å²) in [6.45, 7) is 1.73. The van der Waals surface area contributed by atoms with E-state index in [2.05, 4.69) is 20.3 Å². The minimum atomic E-state index is -5.03. The first-order chi connectivity index (χ1) is 17.6. The molecule has 1 fully saturated rings. The summed E-state index contributed by atoms with van der Waals surface area (Å²) in [5.74, 6) is -3.54. The van der Waals surface area contributed by atoms with Gasteiger partial charge in [0.15, 0.2) is 16.5 Å². The second kappa shape index (κ2) is 12.6. The van der Waals surface area contributed by atoms with Crippen molar-refractivity contribution in [3.8, 4) is 16.3 Å². The molecule has 0 saturated carbocycles. The fourth-order valence-electron chi connectivity index (χ4n) is 3.53. The van der Waals surface area contributed by atoms with E-state index in [1.165, 1.54) is 6.07 Å². The van der Waals surface area contributed by atoms with Crippen molar-refractivity contribution in [3.63, 3.8) is 0 Å². The molecule has 0 unspecified atom stereocenters. The number of ether oxygens (including phenoxy) is 2. The zero-order chi connectivity index (χ0) is 26.6. The van der Waals surface area contributed by atoms with Crippen LogP contribution < -0.4 is 10.1 Å². The van der Waals surface area contributed by atoms with E-state index in [9.17, 15) is 31.5 Å². The average Bonchev–Trinajstić information content (AvgIpc) is 3.27. The van der Waals surface area contributed by atoms with E-state index in [4.69, 9.17) is 4.74 Å². The van der Waals surface area contributed by atoms with Crippen LogP contribution in [-0.4, -0.2) is 66.0 Å². The Labute approximate surface area is 223 Å². The normalized spacial score (nSPS) is 14.0. The standard InChI is InChI=1S/C23H19F5N4O4S.ClH/c24-14-2-1-3-15(25)21(14)22-31-30-20(37-22)11-17(33)13-4-5-18(36-23(26,27)28)16(10-13)29-19(34)12-32-6-8-35-9-7-32;/h1-5,10H,6-9,11-12H2,(H,29,34);1H. The number of carbonyl (C=O) groups excluding carboxylic acids is 2. The molecule has 15 heteroatoms. The van der Waals surface area contributed by atoms with Gasteiger partial charge in [-0.2, -0.15) is 0 Å². The first kappa shape index (κ1) is 29.4. The molecule has 1 aliphatic heterocycles. The van der Waals surface area contributed by atoms with E-state index in [0.717, 1.165) is 41.7 Å². The third-order valence-corrected chi connectivity index (χ3v) is 6.17. The summed E-state index contributed by atoms with van der Waals surface area (Å²) in [5, 5.41) is 9.98. The van der Waals surface area contributed by atoms with E-state index in [1.54, 1.807) is 4.90 Å². The quantitative estimate of drug-likeness (QED) is 0.311. The number of rotatable bonds is 8. The number of hydrogen-bond donors (Lipinski definition) is 1. The van der Waals surface area contributed by atoms with Crippen LogP contribution in [0.25, 0.3) is 10.6 Å². The highest BCUT2D eigenvalue weighted by Gasteiger charge is 2.33. The van der Waals surface area contributed by atoms with Gasteiger partial charge in [-0.05, 0) is 30.3 Å². The summed E-state index contributed by atoms with van der Waals surface area (Å²) in [6, 6.07) is 6.42. The van der Waals surface area contributed by atoms with Crippen LogP contribution in [0.2, 0.25) is 0 Å². The Morgan fingerprint density at radius 3 is 2.42 bits per heavy atom. The molecule has 1 amide bonds. The average molecular weight is 579 g/mol. The molecule has 1 aliphatic rings. The van der Waals surface area contributed by atoms with Crippen LogP contribution in [0.4, 0.5) is 27.6 Å². The molecule has 0 spiro atoms. The largest absolute Gasteiger partial charge is 0.573 e. The van der Waals surface area contributed by atoms with Crippen LogP contribution in [0.3, 0.4) is 0 Å². The van der Waals surface area contributed by atoms with Gasteiger partial charge in [0, 0.05) is 18.7 Å². The second-order valence-corrected chi connectivity index (χ2v) is 8.96. The Balaban J connectivity index is 0.00000400. The predicted octanol–water partition coefficient (Wildman–Crippen LogP) is 4.50. The van der Waals surface area contributed by atoms with Crippen molar-refractivity contribution < 1.29 is 41.0 Å². The summed E-state index contributed by atoms with van der Waals surface area (Å²) in [7, 11) is 0. The topological polar surface area (TPSA) is 93.7 Å². The van der Waals surface area contributed by atoms with Gasteiger partial charge in [0.05, 0.1) is 37.4 Å². The smallest absolute Gasteiger partial charge is 0.404 e. The van der Waals surface area contributed by atoms with Crippen LogP contribution in [0.5, 0.6) is 5.75 Å². The maximum Gasteiger partial charge on any atom is 0.573 e. The fourth-order valence-corrected chi connectivity index (χ4v) is 4.42. The zero-order valence-electron chi connectivity index (χ0n) is 19.4. The highest BCUT2D eigenvalue weighted by Crippen LogP contribution is 2.33. The Kier molecular flexibility index (Phi) is 9.71. The molecular weight excluding hydrogens is 559 g/mol. The molecule has 2 aromatic carbocycles. The molecule has 0 aliphatic carbocycles. The molecule has 0 bridgehead atoms. The SMILES string of the molecule is Cl.O=C(CN1CCOCC1)Nc1cc(C(=O)Cc2nnc(-c3c(F)cccc3F)s2)ccc1OC(F)(F)F. The second-order valence-electron chi connectivity index (χ2n) is 7.89. The van der Waals surface area contributed by atoms with Crippen molar-refractivity contribution in [1.29, 1.82) is 0 Å². The third kappa shape index (κ3) is 7.66. The fraction of sp³-hybridized carbons (Fsp3) is 0.304. The number of carbonyl (C=O) groups is 2. The molecular formula is C23H20ClF5N4O4S. The van der Waals surface area contributed by atoms with Gasteiger partial charge in [-0.15, -0.1) is 35.8 Å². The summed E-state index contributed by atoms with van der Waals surface area (Å²) in [6.07, 6.45) is -5.37. The number of benzene rings is 2. The lowest BCUT2D eigenvalue weighted by Crippen LogP contribution is -2.41. The first-order valence-electron chi connectivity index (χ1n) is 10.9. The molecule has 8 nitrogen and oxygen atoms in total. The van der Waals surface area contributed by atoms with Crippen LogP contribution >= 0.6 is 23.7 Å². The van der Waals surface area contributed by atoms with E-state index >= 15 is 0 Å². The third-order valence-electron chi connectivity index (χ3n) is 5.23. The Bertz CT molecular complexity index is 1280. The lowest BCUT2D eigenvalue weighted by atomic mass is 10.1. The summed E-state index contributed by atoms with van der Waals surface area (Å²) < 4.78 is 75.9. The Morgan fingerprint density at radius 1 is 1.08 bits per heavy atom. The van der Waals surface area contributed by atoms with Gasteiger partial charge in [0.25, 0.3) is 0 Å². The Morgan fingerprint density at radius 2 is 1.76 bits per heavy atom. The van der Waals surface area contributed by atoms with E-state index < -0.39 is 35.4 Å². The predicted molar refractivity (Wildman–Crippen MR) is 130 cm³/mol. The maximum atomic E-state index is 14.0. The minimum absolute atomic E-state index is 0. The van der Waals surface area contributed by atoms with E-state index in [0.29, 0.717) is 26.3 Å². The number of aromatic nitrogens is 2. The van der Waals surface area contributed by atoms with Crippen LogP contribution in [0, 0.1) is 11.6 Å². The molecule has 2 heterocycles. The van der Waals surface area contributed by atoms with Gasteiger partial charge in [0.2, 0.25) is 5.91 Å². The van der Waals surface area contributed by atoms with E-state index in [1.807, 2.05) is 0 Å². The van der Waals surface area contributed by atoms with Crippen molar-refractivity contribution in [3.05, 3.63) is 58.6 Å². The highest BCUT2D eigenvalue weighted by atomic mass is 35.5. The number of Topliss-reactive ketones (excluding diaryl/α,β-unsaturated/α-hetero) is 1. The number of ketones is 1. The lowest BCUT2D eigenvalue weighted by molar-refractivity contribution is -0.274. The number of morpholine rings is 1. The van der Waals surface area contributed by atoms with Gasteiger partial charge in [0.1, 0.15) is 16.6 Å². The minimum Gasteiger partial charge on any atom is -0.404 e. The molecule has 204 valence electrons. The van der Waals surface area contributed by atoms with Crippen molar-refractivity contribution in [1.82, 2.24) is 15.1 Å². The highest BCUT2D eigenvalue weighted by molar-refractivity contribution is 7.14. The molecule has 0 atom stereocenters. The number of nitrogens with zero attached hydrogens (tertiary/aromatic N) is 3. The van der Waals surface area contributed by atoms with Gasteiger partial charge < -0.3 is 14.8 Å². The first-order valence-corrected chi connectivity index (χ1v) is 11.7.